The third kappa shape index (κ3) is 3.11. The fourth-order valence-corrected chi connectivity index (χ4v) is 5.32. The van der Waals surface area contributed by atoms with Gasteiger partial charge in [-0.2, -0.15) is 0 Å². The van der Waals surface area contributed by atoms with E-state index in [2.05, 4.69) is 27.1 Å². The van der Waals surface area contributed by atoms with Crippen LogP contribution in [0.2, 0.25) is 0 Å². The van der Waals surface area contributed by atoms with Gasteiger partial charge < -0.3 is 10.1 Å². The zero-order valence-electron chi connectivity index (χ0n) is 16.3. The van der Waals surface area contributed by atoms with E-state index in [4.69, 9.17) is 0 Å². The maximum Gasteiger partial charge on any atom is 0.284 e. The molecule has 8 nitrogen and oxygen atoms in total. The normalized spacial score (nSPS) is 16.5. The van der Waals surface area contributed by atoms with Gasteiger partial charge in [0.05, 0.1) is 17.2 Å². The van der Waals surface area contributed by atoms with E-state index in [1.165, 1.54) is 15.8 Å². The molecule has 0 spiro atoms. The molecular formula is C21H19N5O3S. The number of aromatic nitrogens is 3. The first-order chi connectivity index (χ1) is 14.5. The molecule has 0 saturated carbocycles. The van der Waals surface area contributed by atoms with Crippen LogP contribution >= 0.6 is 11.3 Å². The van der Waals surface area contributed by atoms with Gasteiger partial charge in [-0.05, 0) is 36.8 Å². The molecule has 5 rings (SSSR count). The van der Waals surface area contributed by atoms with E-state index in [0.29, 0.717) is 22.2 Å². The third-order valence-corrected chi connectivity index (χ3v) is 6.67. The molecule has 1 aromatic carbocycles. The number of hydrogen-bond acceptors (Lipinski definition) is 6. The largest absolute Gasteiger partial charge is 0.493 e. The number of carbonyl (C=O) groups excluding carboxylic acids is 1. The number of fused-ring (bicyclic) bond motifs is 4. The van der Waals surface area contributed by atoms with Gasteiger partial charge in [0.2, 0.25) is 5.88 Å². The Balaban J connectivity index is 1.43. The average molecular weight is 421 g/mol. The summed E-state index contributed by atoms with van der Waals surface area (Å²) in [6.07, 6.45) is 4.28. The number of amides is 1. The van der Waals surface area contributed by atoms with Crippen LogP contribution in [0, 0.1) is 5.92 Å². The number of aromatic amines is 1. The lowest BCUT2D eigenvalue weighted by atomic mass is 9.89. The molecule has 1 aliphatic rings. The molecule has 0 saturated heterocycles. The highest BCUT2D eigenvalue weighted by Gasteiger charge is 2.23. The number of benzene rings is 1. The summed E-state index contributed by atoms with van der Waals surface area (Å²) >= 11 is 1.57. The maximum absolute atomic E-state index is 13.0. The number of aryl methyl sites for hydroxylation is 1. The highest BCUT2D eigenvalue weighted by atomic mass is 32.1. The summed E-state index contributed by atoms with van der Waals surface area (Å²) < 4.78 is 1.28. The molecule has 0 aliphatic heterocycles. The van der Waals surface area contributed by atoms with Crippen LogP contribution in [0.1, 0.15) is 23.8 Å². The molecular weight excluding hydrogens is 402 g/mol. The Bertz CT molecular complexity index is 1380. The van der Waals surface area contributed by atoms with Crippen molar-refractivity contribution in [2.24, 2.45) is 16.1 Å². The van der Waals surface area contributed by atoms with Crippen molar-refractivity contribution in [2.45, 2.75) is 32.7 Å². The Labute approximate surface area is 174 Å². The number of para-hydroxylation sites is 1. The van der Waals surface area contributed by atoms with Crippen molar-refractivity contribution >= 4 is 44.1 Å². The first-order valence-corrected chi connectivity index (χ1v) is 10.6. The molecule has 1 aliphatic carbocycles. The van der Waals surface area contributed by atoms with Gasteiger partial charge in [-0.3, -0.25) is 14.2 Å². The van der Waals surface area contributed by atoms with Crippen molar-refractivity contribution in [3.8, 4) is 5.88 Å². The molecule has 0 radical (unpaired) electrons. The molecule has 152 valence electrons. The fraction of sp³-hybridized carbons (Fsp3) is 0.286. The average Bonchev–Trinajstić information content (AvgIpc) is 3.25. The molecule has 0 fully saturated rings. The predicted molar refractivity (Wildman–Crippen MR) is 115 cm³/mol. The van der Waals surface area contributed by atoms with Crippen LogP contribution in [0.25, 0.3) is 21.1 Å². The second kappa shape index (κ2) is 7.17. The highest BCUT2D eigenvalue weighted by molar-refractivity contribution is 7.18. The Morgan fingerprint density at radius 3 is 3.10 bits per heavy atom. The maximum atomic E-state index is 13.0. The lowest BCUT2D eigenvalue weighted by Crippen LogP contribution is -2.24. The number of nitrogens with zero attached hydrogens (tertiary/aromatic N) is 4. The standard InChI is InChI=1S/C21H19N5O3S/c1-11-6-7-13-15(8-11)30-20-17(13)21(29)26(10-22-20)9-16(27)24-25-18-12-4-2-3-5-14(12)23-19(18)28/h2-5,10-11,23,28H,6-9H2,1H3/t11-/m1/s1. The number of rotatable bonds is 3. The van der Waals surface area contributed by atoms with Gasteiger partial charge in [0.15, 0.2) is 5.69 Å². The van der Waals surface area contributed by atoms with Gasteiger partial charge in [0.25, 0.3) is 11.5 Å². The van der Waals surface area contributed by atoms with Crippen LogP contribution in [0.15, 0.2) is 45.6 Å². The molecule has 4 aromatic rings. The second-order valence-electron chi connectivity index (χ2n) is 7.67. The Kier molecular flexibility index (Phi) is 4.47. The van der Waals surface area contributed by atoms with E-state index in [9.17, 15) is 14.7 Å². The quantitative estimate of drug-likeness (QED) is 0.485. The topological polar surface area (TPSA) is 113 Å². The number of carbonyl (C=O) groups is 1. The van der Waals surface area contributed by atoms with E-state index >= 15 is 0 Å². The van der Waals surface area contributed by atoms with Crippen molar-refractivity contribution in [2.75, 3.05) is 0 Å². The van der Waals surface area contributed by atoms with Crippen LogP contribution < -0.4 is 5.56 Å². The Morgan fingerprint density at radius 1 is 1.40 bits per heavy atom. The summed E-state index contributed by atoms with van der Waals surface area (Å²) in [4.78, 5) is 34.5. The molecule has 3 aromatic heterocycles. The first kappa shape index (κ1) is 18.7. The summed E-state index contributed by atoms with van der Waals surface area (Å²) in [5.41, 5.74) is 1.75. The number of aromatic hydroxyl groups is 1. The molecule has 0 unspecified atom stereocenters. The zero-order valence-corrected chi connectivity index (χ0v) is 17.1. The lowest BCUT2D eigenvalue weighted by molar-refractivity contribution is -0.118. The van der Waals surface area contributed by atoms with E-state index in [0.717, 1.165) is 29.7 Å². The van der Waals surface area contributed by atoms with Crippen molar-refractivity contribution in [1.82, 2.24) is 14.5 Å². The molecule has 1 amide bonds. The summed E-state index contributed by atoms with van der Waals surface area (Å²) in [5, 5.41) is 18.9. The van der Waals surface area contributed by atoms with Gasteiger partial charge in [-0.25, -0.2) is 4.98 Å². The molecule has 1 atom stereocenters. The van der Waals surface area contributed by atoms with E-state index in [-0.39, 0.29) is 23.7 Å². The number of hydrogen-bond donors (Lipinski definition) is 2. The van der Waals surface area contributed by atoms with Crippen LogP contribution in [-0.2, 0) is 24.2 Å². The lowest BCUT2D eigenvalue weighted by Gasteiger charge is -2.17. The first-order valence-electron chi connectivity index (χ1n) is 9.75. The minimum Gasteiger partial charge on any atom is -0.493 e. The van der Waals surface area contributed by atoms with Gasteiger partial charge in [-0.15, -0.1) is 21.6 Å². The van der Waals surface area contributed by atoms with Gasteiger partial charge in [-0.1, -0.05) is 25.1 Å². The van der Waals surface area contributed by atoms with Gasteiger partial charge in [0, 0.05) is 10.3 Å². The number of azo groups is 1. The highest BCUT2D eigenvalue weighted by Crippen LogP contribution is 2.36. The third-order valence-electron chi connectivity index (χ3n) is 5.51. The monoisotopic (exact) mass is 421 g/mol. The van der Waals surface area contributed by atoms with Crippen molar-refractivity contribution in [3.63, 3.8) is 0 Å². The number of thiophene rings is 1. The summed E-state index contributed by atoms with van der Waals surface area (Å²) in [7, 11) is 0. The molecule has 9 heteroatoms. The summed E-state index contributed by atoms with van der Waals surface area (Å²) in [6, 6.07) is 7.19. The Hall–Kier alpha value is -3.33. The fourth-order valence-electron chi connectivity index (χ4n) is 3.98. The number of H-pyrrole nitrogens is 1. The van der Waals surface area contributed by atoms with E-state index < -0.39 is 5.91 Å². The second-order valence-corrected chi connectivity index (χ2v) is 8.75. The van der Waals surface area contributed by atoms with Gasteiger partial charge >= 0.3 is 0 Å². The van der Waals surface area contributed by atoms with E-state index in [1.807, 2.05) is 6.07 Å². The molecule has 3 heterocycles. The minimum absolute atomic E-state index is 0.160. The molecule has 30 heavy (non-hydrogen) atoms. The van der Waals surface area contributed by atoms with Crippen molar-refractivity contribution < 1.29 is 9.90 Å². The minimum atomic E-state index is -0.597. The van der Waals surface area contributed by atoms with Crippen LogP contribution in [0.5, 0.6) is 5.88 Å². The van der Waals surface area contributed by atoms with Crippen molar-refractivity contribution in [3.05, 3.63) is 51.4 Å². The molecule has 0 bridgehead atoms. The van der Waals surface area contributed by atoms with Gasteiger partial charge in [0.1, 0.15) is 11.4 Å². The Morgan fingerprint density at radius 2 is 2.23 bits per heavy atom. The molecule has 2 N–H and O–H groups in total. The predicted octanol–water partition coefficient (Wildman–Crippen LogP) is 4.08. The zero-order chi connectivity index (χ0) is 20.8. The van der Waals surface area contributed by atoms with Crippen LogP contribution in [0.3, 0.4) is 0 Å². The van der Waals surface area contributed by atoms with Crippen LogP contribution in [0.4, 0.5) is 5.69 Å². The SMILES string of the molecule is C[C@@H]1CCc2c(sc3ncn(CC(=O)N=Nc4c(O)[nH]c5ccccc45)c(=O)c23)C1. The van der Waals surface area contributed by atoms with Crippen LogP contribution in [-0.4, -0.2) is 25.5 Å². The van der Waals surface area contributed by atoms with E-state index in [1.54, 1.807) is 29.5 Å². The van der Waals surface area contributed by atoms with Crippen molar-refractivity contribution in [1.29, 1.82) is 0 Å². The summed E-state index contributed by atoms with van der Waals surface area (Å²) in [6.45, 7) is 1.96. The number of nitrogens with one attached hydrogen (secondary N) is 1. The summed E-state index contributed by atoms with van der Waals surface area (Å²) in [5.74, 6) is -0.150. The smallest absolute Gasteiger partial charge is 0.284 e.